The Hall–Kier alpha value is -3.18. The number of hydrogen-bond acceptors (Lipinski definition) is 2. The zero-order valence-electron chi connectivity index (χ0n) is 18.3. The fraction of sp³-hybridized carbons (Fsp3) is 0.231. The lowest BCUT2D eigenvalue weighted by Crippen LogP contribution is -2.36. The number of rotatable bonds is 6. The number of aromatic nitrogens is 2. The first-order chi connectivity index (χ1) is 15.0. The van der Waals surface area contributed by atoms with Gasteiger partial charge in [0, 0.05) is 35.0 Å². The van der Waals surface area contributed by atoms with Crippen LogP contribution in [0.4, 0.5) is 5.69 Å². The Morgan fingerprint density at radius 2 is 1.84 bits per heavy atom. The first-order valence-electron chi connectivity index (χ1n) is 10.6. The van der Waals surface area contributed by atoms with E-state index in [4.69, 9.17) is 12.2 Å². The van der Waals surface area contributed by atoms with E-state index in [2.05, 4.69) is 83.4 Å². The summed E-state index contributed by atoms with van der Waals surface area (Å²) in [5, 5.41) is 5.46. The SMILES string of the molecule is Cc1ccc(NC(=S)N(CCc2c(C)[nH]c3ccccc23)Cc2ccccn2)c(C)c1. The average Bonchev–Trinajstić information content (AvgIpc) is 3.08. The number of benzene rings is 2. The lowest BCUT2D eigenvalue weighted by atomic mass is 10.1. The molecule has 0 spiro atoms. The number of nitrogens with one attached hydrogen (secondary N) is 2. The summed E-state index contributed by atoms with van der Waals surface area (Å²) in [5.41, 5.74) is 8.22. The highest BCUT2D eigenvalue weighted by Crippen LogP contribution is 2.23. The number of pyridine rings is 1. The Labute approximate surface area is 189 Å². The Balaban J connectivity index is 1.56. The number of thiocarbonyl (C=S) groups is 1. The molecule has 0 radical (unpaired) electrons. The Morgan fingerprint density at radius 1 is 1.03 bits per heavy atom. The van der Waals surface area contributed by atoms with E-state index < -0.39 is 0 Å². The van der Waals surface area contributed by atoms with Gasteiger partial charge in [0.05, 0.1) is 12.2 Å². The molecule has 0 saturated carbocycles. The van der Waals surface area contributed by atoms with Crippen molar-refractivity contribution in [3.05, 3.63) is 94.9 Å². The molecule has 0 atom stereocenters. The third-order valence-electron chi connectivity index (χ3n) is 5.65. The van der Waals surface area contributed by atoms with Crippen LogP contribution in [0.25, 0.3) is 10.9 Å². The van der Waals surface area contributed by atoms with Crippen LogP contribution in [0.3, 0.4) is 0 Å². The van der Waals surface area contributed by atoms with Gasteiger partial charge in [0.15, 0.2) is 5.11 Å². The highest BCUT2D eigenvalue weighted by molar-refractivity contribution is 7.80. The number of H-pyrrole nitrogens is 1. The van der Waals surface area contributed by atoms with Gasteiger partial charge in [-0.15, -0.1) is 0 Å². The minimum absolute atomic E-state index is 0.666. The standard InChI is InChI=1S/C26H28N4S/c1-18-11-12-24(19(2)16-18)29-26(31)30(17-21-8-6-7-14-27-21)15-13-22-20(3)28-25-10-5-4-9-23(22)25/h4-12,14,16,28H,13,15,17H2,1-3H3,(H,29,31). The summed E-state index contributed by atoms with van der Waals surface area (Å²) < 4.78 is 0. The first kappa shape index (κ1) is 21.1. The van der Waals surface area contributed by atoms with E-state index in [1.165, 1.54) is 33.3 Å². The van der Waals surface area contributed by atoms with Crippen LogP contribution in [0.1, 0.15) is 28.1 Å². The largest absolute Gasteiger partial charge is 0.358 e. The number of anilines is 1. The van der Waals surface area contributed by atoms with Gasteiger partial charge in [0.2, 0.25) is 0 Å². The third-order valence-corrected chi connectivity index (χ3v) is 6.01. The van der Waals surface area contributed by atoms with Crippen LogP contribution in [0.15, 0.2) is 66.9 Å². The van der Waals surface area contributed by atoms with E-state index >= 15 is 0 Å². The predicted molar refractivity (Wildman–Crippen MR) is 134 cm³/mol. The van der Waals surface area contributed by atoms with Gasteiger partial charge in [-0.2, -0.15) is 0 Å². The van der Waals surface area contributed by atoms with Gasteiger partial charge in [-0.25, -0.2) is 0 Å². The molecule has 2 aromatic heterocycles. The summed E-state index contributed by atoms with van der Waals surface area (Å²) in [6, 6.07) is 20.9. The van der Waals surface area contributed by atoms with E-state index in [0.717, 1.165) is 29.5 Å². The van der Waals surface area contributed by atoms with Crippen LogP contribution in [0.5, 0.6) is 0 Å². The van der Waals surface area contributed by atoms with Gasteiger partial charge >= 0.3 is 0 Å². The second-order valence-electron chi connectivity index (χ2n) is 8.02. The number of hydrogen-bond donors (Lipinski definition) is 2. The van der Waals surface area contributed by atoms with E-state index in [1.807, 2.05) is 24.4 Å². The lowest BCUT2D eigenvalue weighted by molar-refractivity contribution is 0.417. The number of nitrogens with zero attached hydrogens (tertiary/aromatic N) is 2. The van der Waals surface area contributed by atoms with Crippen molar-refractivity contribution in [3.63, 3.8) is 0 Å². The maximum atomic E-state index is 5.85. The molecule has 4 aromatic rings. The summed E-state index contributed by atoms with van der Waals surface area (Å²) in [5.74, 6) is 0. The minimum Gasteiger partial charge on any atom is -0.358 e. The molecule has 158 valence electrons. The molecule has 31 heavy (non-hydrogen) atoms. The first-order valence-corrected chi connectivity index (χ1v) is 11.0. The predicted octanol–water partition coefficient (Wildman–Crippen LogP) is 5.93. The Kier molecular flexibility index (Phi) is 6.33. The van der Waals surface area contributed by atoms with Crippen molar-refractivity contribution in [1.82, 2.24) is 14.9 Å². The molecule has 2 heterocycles. The molecule has 0 amide bonds. The Morgan fingerprint density at radius 3 is 2.61 bits per heavy atom. The third kappa shape index (κ3) is 4.94. The number of aryl methyl sites for hydroxylation is 3. The van der Waals surface area contributed by atoms with Gasteiger partial charge in [0.25, 0.3) is 0 Å². The summed E-state index contributed by atoms with van der Waals surface area (Å²) in [6.45, 7) is 7.82. The van der Waals surface area contributed by atoms with Crippen LogP contribution in [0.2, 0.25) is 0 Å². The average molecular weight is 429 g/mol. The molecule has 4 nitrogen and oxygen atoms in total. The van der Waals surface area contributed by atoms with Crippen molar-refractivity contribution in [2.24, 2.45) is 0 Å². The maximum Gasteiger partial charge on any atom is 0.173 e. The lowest BCUT2D eigenvalue weighted by Gasteiger charge is -2.26. The number of fused-ring (bicyclic) bond motifs is 1. The van der Waals surface area contributed by atoms with Crippen molar-refractivity contribution < 1.29 is 0 Å². The second kappa shape index (κ2) is 9.31. The fourth-order valence-corrected chi connectivity index (χ4v) is 4.26. The molecule has 0 saturated heterocycles. The van der Waals surface area contributed by atoms with Crippen LogP contribution in [-0.2, 0) is 13.0 Å². The van der Waals surface area contributed by atoms with E-state index in [0.29, 0.717) is 6.54 Å². The molecule has 0 unspecified atom stereocenters. The van der Waals surface area contributed by atoms with Gasteiger partial charge in [0.1, 0.15) is 0 Å². The molecule has 4 rings (SSSR count). The van der Waals surface area contributed by atoms with Crippen LogP contribution in [0, 0.1) is 20.8 Å². The van der Waals surface area contributed by atoms with Crippen molar-refractivity contribution in [1.29, 1.82) is 0 Å². The molecular formula is C26H28N4S. The molecular weight excluding hydrogens is 400 g/mol. The smallest absolute Gasteiger partial charge is 0.173 e. The zero-order chi connectivity index (χ0) is 21.8. The van der Waals surface area contributed by atoms with Crippen LogP contribution in [-0.4, -0.2) is 26.5 Å². The second-order valence-corrected chi connectivity index (χ2v) is 8.40. The highest BCUT2D eigenvalue weighted by Gasteiger charge is 2.15. The number of para-hydroxylation sites is 1. The zero-order valence-corrected chi connectivity index (χ0v) is 19.1. The Bertz CT molecular complexity index is 1200. The molecule has 0 aliphatic carbocycles. The normalized spacial score (nSPS) is 10.9. The summed E-state index contributed by atoms with van der Waals surface area (Å²) in [4.78, 5) is 10.2. The number of aromatic amines is 1. The maximum absolute atomic E-state index is 5.85. The molecule has 0 bridgehead atoms. The summed E-state index contributed by atoms with van der Waals surface area (Å²) >= 11 is 5.85. The topological polar surface area (TPSA) is 44.0 Å². The van der Waals surface area contributed by atoms with Gasteiger partial charge in [-0.3, -0.25) is 4.98 Å². The molecule has 2 aromatic carbocycles. The van der Waals surface area contributed by atoms with Crippen molar-refractivity contribution >= 4 is 33.9 Å². The van der Waals surface area contributed by atoms with Gasteiger partial charge in [-0.1, -0.05) is 42.0 Å². The van der Waals surface area contributed by atoms with E-state index in [-0.39, 0.29) is 0 Å². The van der Waals surface area contributed by atoms with Crippen LogP contribution < -0.4 is 5.32 Å². The highest BCUT2D eigenvalue weighted by atomic mass is 32.1. The van der Waals surface area contributed by atoms with Crippen molar-refractivity contribution in [3.8, 4) is 0 Å². The quantitative estimate of drug-likeness (QED) is 0.374. The molecule has 0 fully saturated rings. The van der Waals surface area contributed by atoms with E-state index in [9.17, 15) is 0 Å². The van der Waals surface area contributed by atoms with Crippen molar-refractivity contribution in [2.45, 2.75) is 33.7 Å². The summed E-state index contributed by atoms with van der Waals surface area (Å²) in [7, 11) is 0. The summed E-state index contributed by atoms with van der Waals surface area (Å²) in [6.07, 6.45) is 2.73. The molecule has 0 aliphatic heterocycles. The molecule has 5 heteroatoms. The van der Waals surface area contributed by atoms with Crippen LogP contribution >= 0.6 is 12.2 Å². The minimum atomic E-state index is 0.666. The monoisotopic (exact) mass is 428 g/mol. The van der Waals surface area contributed by atoms with Gasteiger partial charge < -0.3 is 15.2 Å². The van der Waals surface area contributed by atoms with Gasteiger partial charge in [-0.05, 0) is 74.8 Å². The van der Waals surface area contributed by atoms with Crippen molar-refractivity contribution in [2.75, 3.05) is 11.9 Å². The molecule has 0 aliphatic rings. The van der Waals surface area contributed by atoms with E-state index in [1.54, 1.807) is 0 Å². The molecule has 2 N–H and O–H groups in total. The fourth-order valence-electron chi connectivity index (χ4n) is 3.99.